The first-order valence-corrected chi connectivity index (χ1v) is 10.5. The average Bonchev–Trinajstić information content (AvgIpc) is 3.23. The zero-order valence-electron chi connectivity index (χ0n) is 17.5. The van der Waals surface area contributed by atoms with Gasteiger partial charge in [0.25, 0.3) is 5.91 Å². The number of nitrogens with one attached hydrogen (secondary N) is 1. The topological polar surface area (TPSA) is 75.4 Å². The van der Waals surface area contributed by atoms with Crippen molar-refractivity contribution in [1.82, 2.24) is 10.3 Å². The Morgan fingerprint density at radius 3 is 2.53 bits per heavy atom. The van der Waals surface area contributed by atoms with Crippen molar-refractivity contribution in [3.05, 3.63) is 60.5 Å². The Balaban J connectivity index is 1.45. The van der Waals surface area contributed by atoms with Crippen molar-refractivity contribution in [2.45, 2.75) is 51.2 Å². The number of carbonyl (C=O) groups is 1. The number of pyridine rings is 1. The number of hydrogen-bond donors (Lipinski definition) is 2. The van der Waals surface area contributed by atoms with E-state index in [-0.39, 0.29) is 11.9 Å². The Hall–Kier alpha value is -2.92. The van der Waals surface area contributed by atoms with Crippen LogP contribution in [0.5, 0.6) is 0 Å². The van der Waals surface area contributed by atoms with Crippen LogP contribution in [0.4, 0.5) is 0 Å². The highest BCUT2D eigenvalue weighted by Gasteiger charge is 2.31. The Kier molecular flexibility index (Phi) is 5.48. The van der Waals surface area contributed by atoms with Gasteiger partial charge >= 0.3 is 0 Å². The number of fused-ring (bicyclic) bond motifs is 1. The molecule has 1 saturated carbocycles. The molecule has 1 aromatic carbocycles. The number of rotatable bonds is 5. The molecule has 5 nitrogen and oxygen atoms in total. The fraction of sp³-hybridized carbons (Fsp3) is 0.360. The summed E-state index contributed by atoms with van der Waals surface area (Å²) in [7, 11) is 0. The quantitative estimate of drug-likeness (QED) is 0.613. The summed E-state index contributed by atoms with van der Waals surface area (Å²) in [5, 5.41) is 14.3. The Morgan fingerprint density at radius 2 is 1.90 bits per heavy atom. The summed E-state index contributed by atoms with van der Waals surface area (Å²) >= 11 is 0. The molecule has 30 heavy (non-hydrogen) atoms. The molecule has 1 aliphatic carbocycles. The van der Waals surface area contributed by atoms with Gasteiger partial charge in [-0.1, -0.05) is 24.8 Å². The molecule has 0 unspecified atom stereocenters. The van der Waals surface area contributed by atoms with Gasteiger partial charge in [0.1, 0.15) is 5.58 Å². The van der Waals surface area contributed by atoms with Crippen molar-refractivity contribution < 1.29 is 14.3 Å². The summed E-state index contributed by atoms with van der Waals surface area (Å²) in [4.78, 5) is 17.3. The van der Waals surface area contributed by atoms with Crippen LogP contribution in [0.15, 0.2) is 53.8 Å². The summed E-state index contributed by atoms with van der Waals surface area (Å²) in [5.41, 5.74) is 3.35. The van der Waals surface area contributed by atoms with Crippen LogP contribution in [0, 0.1) is 5.92 Å². The highest BCUT2D eigenvalue weighted by atomic mass is 16.3. The van der Waals surface area contributed by atoms with Gasteiger partial charge in [0.05, 0.1) is 17.6 Å². The van der Waals surface area contributed by atoms with Crippen molar-refractivity contribution >= 4 is 23.0 Å². The fourth-order valence-corrected chi connectivity index (χ4v) is 4.35. The third kappa shape index (κ3) is 4.03. The normalized spacial score (nSPS) is 19.6. The van der Waals surface area contributed by atoms with Gasteiger partial charge in [-0.3, -0.25) is 9.78 Å². The summed E-state index contributed by atoms with van der Waals surface area (Å²) in [6.07, 6.45) is 8.79. The summed E-state index contributed by atoms with van der Waals surface area (Å²) < 4.78 is 5.59. The van der Waals surface area contributed by atoms with Gasteiger partial charge in [0, 0.05) is 34.3 Å². The van der Waals surface area contributed by atoms with E-state index in [0.29, 0.717) is 11.5 Å². The van der Waals surface area contributed by atoms with E-state index in [2.05, 4.69) is 16.9 Å². The van der Waals surface area contributed by atoms with Crippen LogP contribution in [0.25, 0.3) is 28.3 Å². The second-order valence-corrected chi connectivity index (χ2v) is 8.68. The van der Waals surface area contributed by atoms with Crippen LogP contribution < -0.4 is 5.32 Å². The van der Waals surface area contributed by atoms with Gasteiger partial charge in [-0.05, 0) is 63.6 Å². The number of aliphatic hydroxyl groups is 1. The van der Waals surface area contributed by atoms with Crippen LogP contribution in [0.1, 0.15) is 55.5 Å². The van der Waals surface area contributed by atoms with E-state index in [1.165, 1.54) is 0 Å². The first-order valence-electron chi connectivity index (χ1n) is 10.5. The summed E-state index contributed by atoms with van der Waals surface area (Å²) in [6, 6.07) is 9.57. The number of benzene rings is 1. The van der Waals surface area contributed by atoms with Gasteiger partial charge in [-0.2, -0.15) is 0 Å². The van der Waals surface area contributed by atoms with Crippen molar-refractivity contribution in [3.63, 3.8) is 0 Å². The number of nitrogens with zero attached hydrogens (tertiary/aromatic N) is 1. The van der Waals surface area contributed by atoms with Gasteiger partial charge in [-0.25, -0.2) is 0 Å². The molecule has 3 aromatic rings. The first kappa shape index (κ1) is 20.4. The maximum atomic E-state index is 12.7. The van der Waals surface area contributed by atoms with E-state index in [1.54, 1.807) is 18.5 Å². The molecule has 0 spiro atoms. The minimum Gasteiger partial charge on any atom is -0.464 e. The van der Waals surface area contributed by atoms with Crippen molar-refractivity contribution in [2.75, 3.05) is 0 Å². The molecule has 5 heteroatoms. The van der Waals surface area contributed by atoms with E-state index in [4.69, 9.17) is 4.42 Å². The number of carbonyl (C=O) groups excluding carboxylic acids is 1. The number of aromatic nitrogens is 1. The molecule has 2 aromatic heterocycles. The average molecular weight is 405 g/mol. The van der Waals surface area contributed by atoms with Gasteiger partial charge < -0.3 is 14.8 Å². The molecule has 156 valence electrons. The largest absolute Gasteiger partial charge is 0.464 e. The maximum Gasteiger partial charge on any atom is 0.251 e. The van der Waals surface area contributed by atoms with Crippen LogP contribution in [-0.2, 0) is 0 Å². The molecule has 1 fully saturated rings. The number of hydrogen-bond acceptors (Lipinski definition) is 4. The molecule has 2 N–H and O–H groups in total. The Bertz CT molecular complexity index is 1050. The molecular weight excluding hydrogens is 376 g/mol. The van der Waals surface area contributed by atoms with E-state index < -0.39 is 5.60 Å². The van der Waals surface area contributed by atoms with Gasteiger partial charge in [0.2, 0.25) is 0 Å². The zero-order valence-corrected chi connectivity index (χ0v) is 17.5. The van der Waals surface area contributed by atoms with Crippen LogP contribution in [0.3, 0.4) is 0 Å². The summed E-state index contributed by atoms with van der Waals surface area (Å²) in [6.45, 7) is 7.54. The summed E-state index contributed by atoms with van der Waals surface area (Å²) in [5.74, 6) is 0.237. The van der Waals surface area contributed by atoms with Gasteiger partial charge in [0.15, 0.2) is 0 Å². The highest BCUT2D eigenvalue weighted by Crippen LogP contribution is 2.33. The van der Waals surface area contributed by atoms with E-state index in [0.717, 1.165) is 53.5 Å². The fourth-order valence-electron chi connectivity index (χ4n) is 4.35. The molecule has 1 aliphatic rings. The molecule has 0 saturated heterocycles. The van der Waals surface area contributed by atoms with E-state index in [1.807, 2.05) is 44.2 Å². The lowest BCUT2D eigenvalue weighted by molar-refractivity contribution is -0.00257. The van der Waals surface area contributed by atoms with E-state index >= 15 is 0 Å². The third-order valence-corrected chi connectivity index (χ3v) is 6.22. The lowest BCUT2D eigenvalue weighted by atomic mass is 9.77. The predicted molar refractivity (Wildman–Crippen MR) is 119 cm³/mol. The van der Waals surface area contributed by atoms with Crippen LogP contribution in [0.2, 0.25) is 0 Å². The second kappa shape index (κ2) is 8.07. The van der Waals surface area contributed by atoms with Crippen LogP contribution in [-0.4, -0.2) is 27.6 Å². The standard InChI is InChI=1S/C25H28N2O3/c1-4-16-15-26-22(21-13-14-30-23(16)21)17-5-7-18(8-6-17)24(28)27-20-11-9-19(10-12-20)25(2,3)29/h4-8,13-15,19-20,29H,1,9-12H2,2-3H3,(H,27,28). The van der Waals surface area contributed by atoms with Crippen molar-refractivity contribution in [3.8, 4) is 11.3 Å². The smallest absolute Gasteiger partial charge is 0.251 e. The van der Waals surface area contributed by atoms with Crippen molar-refractivity contribution in [1.29, 1.82) is 0 Å². The zero-order chi connectivity index (χ0) is 21.3. The Morgan fingerprint density at radius 1 is 1.20 bits per heavy atom. The third-order valence-electron chi connectivity index (χ3n) is 6.22. The molecule has 0 atom stereocenters. The minimum atomic E-state index is -0.650. The maximum absolute atomic E-state index is 12.7. The van der Waals surface area contributed by atoms with Crippen molar-refractivity contribution in [2.24, 2.45) is 5.92 Å². The SMILES string of the molecule is C=Cc1cnc(-c2ccc(C(=O)NC3CCC(C(C)(C)O)CC3)cc2)c2ccoc12. The monoisotopic (exact) mass is 404 g/mol. The predicted octanol–water partition coefficient (Wildman–Crippen LogP) is 5.20. The number of furan rings is 1. The van der Waals surface area contributed by atoms with Gasteiger partial charge in [-0.15, -0.1) is 0 Å². The molecule has 0 aliphatic heterocycles. The molecule has 1 amide bonds. The number of amides is 1. The van der Waals surface area contributed by atoms with E-state index in [9.17, 15) is 9.90 Å². The minimum absolute atomic E-state index is 0.0586. The first-order chi connectivity index (χ1) is 14.4. The highest BCUT2D eigenvalue weighted by molar-refractivity contribution is 5.97. The second-order valence-electron chi connectivity index (χ2n) is 8.68. The Labute approximate surface area is 176 Å². The lowest BCUT2D eigenvalue weighted by Crippen LogP contribution is -2.41. The van der Waals surface area contributed by atoms with Crippen LogP contribution >= 0.6 is 0 Å². The molecule has 4 rings (SSSR count). The lowest BCUT2D eigenvalue weighted by Gasteiger charge is -2.36. The molecule has 2 heterocycles. The molecular formula is C25H28N2O3. The molecule has 0 bridgehead atoms. The molecule has 0 radical (unpaired) electrons.